The number of carbonyl (C=O) groups excluding carboxylic acids is 1. The zero-order valence-electron chi connectivity index (χ0n) is 18.5. The predicted octanol–water partition coefficient (Wildman–Crippen LogP) is 3.88. The Balaban J connectivity index is 2.05. The molecular weight excluding hydrogens is 418 g/mol. The molecule has 3 rings (SSSR count). The van der Waals surface area contributed by atoms with Gasteiger partial charge in [-0.25, -0.2) is 28.2 Å². The highest BCUT2D eigenvalue weighted by atomic mass is 32.3. The molecule has 30 heavy (non-hydrogen) atoms. The molecule has 0 bridgehead atoms. The molecule has 1 aromatic carbocycles. The van der Waals surface area contributed by atoms with Crippen LogP contribution in [0.3, 0.4) is 0 Å². The van der Waals surface area contributed by atoms with E-state index in [4.69, 9.17) is 4.98 Å². The number of rotatable bonds is 5. The molecule has 2 aromatic rings. The van der Waals surface area contributed by atoms with Gasteiger partial charge in [0.25, 0.3) is 15.9 Å². The van der Waals surface area contributed by atoms with Gasteiger partial charge in [-0.3, -0.25) is 4.79 Å². The average molecular weight is 450 g/mol. The Morgan fingerprint density at radius 2 is 1.73 bits per heavy atom. The summed E-state index contributed by atoms with van der Waals surface area (Å²) in [4.78, 5) is 20.2. The molecule has 1 aromatic heterocycles. The summed E-state index contributed by atoms with van der Waals surface area (Å²) < 4.78 is 27.6. The van der Waals surface area contributed by atoms with E-state index in [1.807, 2.05) is 6.07 Å². The van der Waals surface area contributed by atoms with Crippen molar-refractivity contribution in [1.82, 2.24) is 9.71 Å². The highest BCUT2D eigenvalue weighted by Gasteiger charge is 2.39. The number of hydrogen-bond donors (Lipinski definition) is 1. The minimum Gasteiger partial charge on any atom is -0.351 e. The fraction of sp³-hybridized carbons (Fsp3) is 0.455. The second-order valence-corrected chi connectivity index (χ2v) is 15.1. The normalized spacial score (nSPS) is 19.5. The van der Waals surface area contributed by atoms with Crippen LogP contribution in [0, 0.1) is 5.92 Å². The van der Waals surface area contributed by atoms with Gasteiger partial charge >= 0.3 is 0 Å². The van der Waals surface area contributed by atoms with E-state index < -0.39 is 26.0 Å². The molecule has 1 saturated heterocycles. The summed E-state index contributed by atoms with van der Waals surface area (Å²) in [6.07, 6.45) is 7.42. The molecule has 1 amide bonds. The minimum absolute atomic E-state index is 0.0544. The van der Waals surface area contributed by atoms with Crippen LogP contribution in [0.2, 0.25) is 0 Å². The van der Waals surface area contributed by atoms with Gasteiger partial charge in [-0.05, 0) is 69.2 Å². The Kier molecular flexibility index (Phi) is 5.95. The van der Waals surface area contributed by atoms with Crippen LogP contribution in [-0.4, -0.2) is 50.2 Å². The number of benzene rings is 1. The summed E-state index contributed by atoms with van der Waals surface area (Å²) in [5.74, 6) is 0.355. The lowest BCUT2D eigenvalue weighted by atomic mass is 9.97. The van der Waals surface area contributed by atoms with E-state index in [1.165, 1.54) is 12.1 Å². The molecule has 6 nitrogen and oxygen atoms in total. The summed E-state index contributed by atoms with van der Waals surface area (Å²) in [5, 5.41) is 0.940. The number of nitrogens with zero attached hydrogens (tertiary/aromatic N) is 2. The third-order valence-corrected chi connectivity index (χ3v) is 8.16. The minimum atomic E-state index is -3.97. The predicted molar refractivity (Wildman–Crippen MR) is 124 cm³/mol. The number of pyridine rings is 1. The van der Waals surface area contributed by atoms with Crippen LogP contribution in [0.25, 0.3) is 0 Å². The van der Waals surface area contributed by atoms with Crippen molar-refractivity contribution in [1.29, 1.82) is 0 Å². The molecule has 1 aliphatic rings. The van der Waals surface area contributed by atoms with E-state index in [-0.39, 0.29) is 16.0 Å². The van der Waals surface area contributed by atoms with Gasteiger partial charge in [0.05, 0.1) is 15.5 Å². The quantitative estimate of drug-likeness (QED) is 0.749. The highest BCUT2D eigenvalue weighted by molar-refractivity contribution is 8.32. The van der Waals surface area contributed by atoms with Gasteiger partial charge < -0.3 is 4.90 Å². The first kappa shape index (κ1) is 22.6. The standard InChI is InChI=1S/C22H31N3O3S2/c1-16-14-22(2,3)25(15-16)20-18(12-13-19(23-20)29(4,5)6)21(26)24-30(27,28)17-10-8-7-9-11-17/h7-13,16H,14-15H2,1-6H3,(H,24,26)/t16-/m0/s1. The Morgan fingerprint density at radius 1 is 1.10 bits per heavy atom. The SMILES string of the molecule is C[C@@H]1CN(c2nc(S(C)(C)C)ccc2C(=O)NS(=O)(=O)c2ccccc2)C(C)(C)C1. The molecular formula is C22H31N3O3S2. The first-order valence-electron chi connectivity index (χ1n) is 9.90. The molecule has 0 saturated carbocycles. The van der Waals surface area contributed by atoms with Gasteiger partial charge in [0, 0.05) is 12.1 Å². The molecule has 164 valence electrons. The average Bonchev–Trinajstić information content (AvgIpc) is 2.93. The molecule has 1 N–H and O–H groups in total. The molecule has 0 aliphatic carbocycles. The lowest BCUT2D eigenvalue weighted by molar-refractivity contribution is 0.0981. The summed E-state index contributed by atoms with van der Waals surface area (Å²) in [5.41, 5.74) is 0.107. The molecule has 0 spiro atoms. The monoisotopic (exact) mass is 449 g/mol. The van der Waals surface area contributed by atoms with Crippen molar-refractivity contribution < 1.29 is 13.2 Å². The van der Waals surface area contributed by atoms with E-state index in [0.717, 1.165) is 18.0 Å². The van der Waals surface area contributed by atoms with Gasteiger partial charge in [0.15, 0.2) is 0 Å². The summed E-state index contributed by atoms with van der Waals surface area (Å²) in [6, 6.07) is 11.5. The van der Waals surface area contributed by atoms with Crippen LogP contribution < -0.4 is 9.62 Å². The second kappa shape index (κ2) is 7.89. The molecule has 1 aliphatic heterocycles. The molecule has 0 radical (unpaired) electrons. The summed E-state index contributed by atoms with van der Waals surface area (Å²) in [6.45, 7) is 7.23. The number of amides is 1. The van der Waals surface area contributed by atoms with Crippen molar-refractivity contribution in [2.75, 3.05) is 30.2 Å². The smallest absolute Gasteiger partial charge is 0.268 e. The Hall–Kier alpha value is -2.06. The molecule has 0 unspecified atom stereocenters. The molecule has 1 fully saturated rings. The van der Waals surface area contributed by atoms with Gasteiger partial charge in [-0.2, -0.15) is 0 Å². The van der Waals surface area contributed by atoms with Crippen LogP contribution in [0.5, 0.6) is 0 Å². The fourth-order valence-electron chi connectivity index (χ4n) is 3.95. The van der Waals surface area contributed by atoms with Crippen molar-refractivity contribution in [3.05, 3.63) is 48.0 Å². The van der Waals surface area contributed by atoms with Crippen molar-refractivity contribution >= 4 is 31.8 Å². The van der Waals surface area contributed by atoms with Crippen molar-refractivity contribution in [2.24, 2.45) is 5.92 Å². The number of sulfonamides is 1. The molecule has 8 heteroatoms. The van der Waals surface area contributed by atoms with E-state index in [9.17, 15) is 13.2 Å². The highest BCUT2D eigenvalue weighted by Crippen LogP contribution is 2.46. The molecule has 1 atom stereocenters. The van der Waals surface area contributed by atoms with Crippen LogP contribution >= 0.6 is 10.0 Å². The number of anilines is 1. The zero-order chi connectivity index (χ0) is 22.3. The third kappa shape index (κ3) is 4.64. The lowest BCUT2D eigenvalue weighted by Gasteiger charge is -2.35. The van der Waals surface area contributed by atoms with Crippen LogP contribution in [-0.2, 0) is 10.0 Å². The lowest BCUT2D eigenvalue weighted by Crippen LogP contribution is -2.41. The van der Waals surface area contributed by atoms with Gasteiger partial charge in [0.1, 0.15) is 5.82 Å². The van der Waals surface area contributed by atoms with Crippen molar-refractivity contribution in [2.45, 2.75) is 42.7 Å². The Bertz CT molecular complexity index is 1050. The van der Waals surface area contributed by atoms with Crippen LogP contribution in [0.1, 0.15) is 37.6 Å². The van der Waals surface area contributed by atoms with Crippen molar-refractivity contribution in [3.8, 4) is 0 Å². The first-order chi connectivity index (χ1) is 13.8. The second-order valence-electron chi connectivity index (χ2n) is 9.34. The van der Waals surface area contributed by atoms with E-state index in [0.29, 0.717) is 11.7 Å². The van der Waals surface area contributed by atoms with Crippen LogP contribution in [0.15, 0.2) is 52.4 Å². The zero-order valence-corrected chi connectivity index (χ0v) is 20.1. The van der Waals surface area contributed by atoms with Crippen LogP contribution in [0.4, 0.5) is 5.82 Å². The third-order valence-electron chi connectivity index (χ3n) is 5.33. The van der Waals surface area contributed by atoms with Gasteiger partial charge in [-0.15, -0.1) is 0 Å². The maximum atomic E-state index is 13.1. The Morgan fingerprint density at radius 3 is 2.27 bits per heavy atom. The first-order valence-corrected chi connectivity index (χ1v) is 14.2. The fourth-order valence-corrected chi connectivity index (χ4v) is 5.77. The topological polar surface area (TPSA) is 79.4 Å². The maximum Gasteiger partial charge on any atom is 0.268 e. The van der Waals surface area contributed by atoms with E-state index in [2.05, 4.69) is 49.2 Å². The van der Waals surface area contributed by atoms with Gasteiger partial charge in [0.2, 0.25) is 0 Å². The summed E-state index contributed by atoms with van der Waals surface area (Å²) >= 11 is 0. The van der Waals surface area contributed by atoms with E-state index >= 15 is 0 Å². The van der Waals surface area contributed by atoms with E-state index in [1.54, 1.807) is 24.3 Å². The van der Waals surface area contributed by atoms with Crippen molar-refractivity contribution in [3.63, 3.8) is 0 Å². The number of hydrogen-bond acceptors (Lipinski definition) is 5. The molecule has 2 heterocycles. The Labute approximate surface area is 181 Å². The van der Waals surface area contributed by atoms with Gasteiger partial charge in [-0.1, -0.05) is 25.1 Å². The number of carbonyl (C=O) groups is 1. The summed E-state index contributed by atoms with van der Waals surface area (Å²) in [7, 11) is -5.08. The maximum absolute atomic E-state index is 13.1. The largest absolute Gasteiger partial charge is 0.351 e. The number of aromatic nitrogens is 1. The number of nitrogens with one attached hydrogen (secondary N) is 1.